The molecule has 0 spiro atoms. The largest absolute Gasteiger partial charge is 0.328 e. The van der Waals surface area contributed by atoms with Crippen molar-refractivity contribution in [1.29, 1.82) is 0 Å². The molecule has 0 radical (unpaired) electrons. The number of benzene rings is 1. The summed E-state index contributed by atoms with van der Waals surface area (Å²) in [6, 6.07) is 8.19. The smallest absolute Gasteiger partial charge is 0.276 e. The molecule has 1 aliphatic rings. The molecule has 0 bridgehead atoms. The lowest BCUT2D eigenvalue weighted by molar-refractivity contribution is -0.121. The fraction of sp³-hybridized carbons (Fsp3) is 0.286. The Morgan fingerprint density at radius 2 is 1.89 bits per heavy atom. The number of thiocarbonyl (C=S) groups is 1. The highest BCUT2D eigenvalue weighted by atomic mass is 32.1. The van der Waals surface area contributed by atoms with Crippen molar-refractivity contribution in [1.82, 2.24) is 10.2 Å². The zero-order valence-corrected chi connectivity index (χ0v) is 11.5. The van der Waals surface area contributed by atoms with Gasteiger partial charge in [-0.05, 0) is 35.3 Å². The van der Waals surface area contributed by atoms with E-state index in [0.717, 1.165) is 5.56 Å². The van der Waals surface area contributed by atoms with Gasteiger partial charge in [0.05, 0.1) is 0 Å². The highest BCUT2D eigenvalue weighted by Gasteiger charge is 2.26. The van der Waals surface area contributed by atoms with Gasteiger partial charge in [0.25, 0.3) is 5.91 Å². The average Bonchev–Trinajstić information content (AvgIpc) is 2.58. The summed E-state index contributed by atoms with van der Waals surface area (Å²) in [7, 11) is 1.67. The van der Waals surface area contributed by atoms with Gasteiger partial charge in [-0.15, -0.1) is 0 Å². The second-order valence-corrected chi connectivity index (χ2v) is 5.06. The number of nitrogens with zero attached hydrogens (tertiary/aromatic N) is 1. The average molecular weight is 260 g/mol. The molecule has 1 aromatic carbocycles. The van der Waals surface area contributed by atoms with Crippen molar-refractivity contribution in [3.63, 3.8) is 0 Å². The summed E-state index contributed by atoms with van der Waals surface area (Å²) in [6.45, 7) is 4.31. The lowest BCUT2D eigenvalue weighted by atomic mass is 10.0. The number of rotatable bonds is 2. The number of likely N-dealkylation sites (N-methyl/N-ethyl adjacent to an activating group) is 1. The predicted octanol–water partition coefficient (Wildman–Crippen LogP) is 2.50. The number of nitrogens with one attached hydrogen (secondary N) is 1. The van der Waals surface area contributed by atoms with Crippen molar-refractivity contribution < 1.29 is 4.79 Å². The summed E-state index contributed by atoms with van der Waals surface area (Å²) < 4.78 is 0. The van der Waals surface area contributed by atoms with Gasteiger partial charge in [-0.1, -0.05) is 38.1 Å². The van der Waals surface area contributed by atoms with E-state index in [4.69, 9.17) is 12.2 Å². The first-order chi connectivity index (χ1) is 8.49. The molecule has 0 aromatic heterocycles. The topological polar surface area (TPSA) is 32.3 Å². The molecule has 1 aromatic rings. The SMILES string of the molecule is CC(C)c1ccc(/C=C2/NC(=S)N(C)C2=O)cc1. The molecule has 18 heavy (non-hydrogen) atoms. The number of carbonyl (C=O) groups is 1. The summed E-state index contributed by atoms with van der Waals surface area (Å²) in [5, 5.41) is 3.36. The van der Waals surface area contributed by atoms with E-state index in [1.807, 2.05) is 18.2 Å². The molecular formula is C14H16N2OS. The van der Waals surface area contributed by atoms with Crippen LogP contribution in [0.15, 0.2) is 30.0 Å². The van der Waals surface area contributed by atoms with Crippen LogP contribution in [0.5, 0.6) is 0 Å². The molecule has 1 amide bonds. The van der Waals surface area contributed by atoms with Crippen LogP contribution in [0.4, 0.5) is 0 Å². The molecule has 1 saturated heterocycles. The van der Waals surface area contributed by atoms with Crippen LogP contribution in [0.2, 0.25) is 0 Å². The molecule has 0 aliphatic carbocycles. The minimum absolute atomic E-state index is 0.0899. The summed E-state index contributed by atoms with van der Waals surface area (Å²) in [4.78, 5) is 13.2. The zero-order valence-electron chi connectivity index (χ0n) is 10.7. The zero-order chi connectivity index (χ0) is 13.3. The molecule has 0 saturated carbocycles. The quantitative estimate of drug-likeness (QED) is 0.655. The minimum Gasteiger partial charge on any atom is -0.328 e. The molecule has 1 heterocycles. The highest BCUT2D eigenvalue weighted by molar-refractivity contribution is 7.80. The highest BCUT2D eigenvalue weighted by Crippen LogP contribution is 2.17. The van der Waals surface area contributed by atoms with E-state index in [2.05, 4.69) is 31.3 Å². The van der Waals surface area contributed by atoms with Crippen LogP contribution in [0.1, 0.15) is 30.9 Å². The first-order valence-corrected chi connectivity index (χ1v) is 6.30. The standard InChI is InChI=1S/C14H16N2OS/c1-9(2)11-6-4-10(5-7-11)8-12-13(17)16(3)14(18)15-12/h4-9H,1-3H3,(H,15,18)/b12-8+. The van der Waals surface area contributed by atoms with Gasteiger partial charge >= 0.3 is 0 Å². The Kier molecular flexibility index (Phi) is 3.48. The minimum atomic E-state index is -0.0899. The van der Waals surface area contributed by atoms with Crippen molar-refractivity contribution in [3.05, 3.63) is 41.1 Å². The van der Waals surface area contributed by atoms with Crippen LogP contribution in [-0.4, -0.2) is 23.0 Å². The van der Waals surface area contributed by atoms with Crippen molar-refractivity contribution >= 4 is 29.3 Å². The van der Waals surface area contributed by atoms with E-state index in [0.29, 0.717) is 16.7 Å². The van der Waals surface area contributed by atoms with Crippen LogP contribution in [0, 0.1) is 0 Å². The summed E-state index contributed by atoms with van der Waals surface area (Å²) in [6.07, 6.45) is 1.82. The van der Waals surface area contributed by atoms with Crippen LogP contribution in [0.25, 0.3) is 6.08 Å². The fourth-order valence-corrected chi connectivity index (χ4v) is 1.96. The summed E-state index contributed by atoms with van der Waals surface area (Å²) in [5.74, 6) is 0.421. The van der Waals surface area contributed by atoms with Crippen molar-refractivity contribution in [2.24, 2.45) is 0 Å². The molecule has 1 fully saturated rings. The molecule has 1 aliphatic heterocycles. The normalized spacial score (nSPS) is 17.8. The molecule has 1 N–H and O–H groups in total. The van der Waals surface area contributed by atoms with Crippen molar-refractivity contribution in [3.8, 4) is 0 Å². The van der Waals surface area contributed by atoms with Gasteiger partial charge < -0.3 is 5.32 Å². The Morgan fingerprint density at radius 1 is 1.28 bits per heavy atom. The second-order valence-electron chi connectivity index (χ2n) is 4.67. The van der Waals surface area contributed by atoms with Crippen molar-refractivity contribution in [2.75, 3.05) is 7.05 Å². The molecule has 2 rings (SSSR count). The Balaban J connectivity index is 2.24. The van der Waals surface area contributed by atoms with E-state index >= 15 is 0 Å². The number of hydrogen-bond acceptors (Lipinski definition) is 2. The van der Waals surface area contributed by atoms with E-state index in [1.54, 1.807) is 7.05 Å². The Bertz CT molecular complexity index is 517. The van der Waals surface area contributed by atoms with Crippen LogP contribution in [-0.2, 0) is 4.79 Å². The first kappa shape index (κ1) is 12.8. The van der Waals surface area contributed by atoms with Crippen LogP contribution < -0.4 is 5.32 Å². The first-order valence-electron chi connectivity index (χ1n) is 5.89. The van der Waals surface area contributed by atoms with Gasteiger partial charge in [0.2, 0.25) is 0 Å². The van der Waals surface area contributed by atoms with Crippen LogP contribution in [0.3, 0.4) is 0 Å². The predicted molar refractivity (Wildman–Crippen MR) is 77.0 cm³/mol. The van der Waals surface area contributed by atoms with Gasteiger partial charge in [-0.25, -0.2) is 0 Å². The summed E-state index contributed by atoms with van der Waals surface area (Å²) >= 11 is 5.02. The monoisotopic (exact) mass is 260 g/mol. The molecule has 94 valence electrons. The maximum atomic E-state index is 11.8. The molecule has 0 unspecified atom stereocenters. The van der Waals surface area contributed by atoms with E-state index in [1.165, 1.54) is 10.5 Å². The fourth-order valence-electron chi connectivity index (χ4n) is 1.77. The van der Waals surface area contributed by atoms with Crippen LogP contribution >= 0.6 is 12.2 Å². The van der Waals surface area contributed by atoms with Gasteiger partial charge in [0.15, 0.2) is 5.11 Å². The van der Waals surface area contributed by atoms with E-state index in [9.17, 15) is 4.79 Å². The summed E-state index contributed by atoms with van der Waals surface area (Å²) in [5.41, 5.74) is 2.81. The third kappa shape index (κ3) is 2.43. The molecule has 4 heteroatoms. The lowest BCUT2D eigenvalue weighted by Crippen LogP contribution is -2.25. The maximum absolute atomic E-state index is 11.8. The molecule has 3 nitrogen and oxygen atoms in total. The number of carbonyl (C=O) groups excluding carboxylic acids is 1. The van der Waals surface area contributed by atoms with E-state index in [-0.39, 0.29) is 5.91 Å². The van der Waals surface area contributed by atoms with Gasteiger partial charge in [0.1, 0.15) is 5.70 Å². The third-order valence-corrected chi connectivity index (χ3v) is 3.37. The Hall–Kier alpha value is -1.68. The Morgan fingerprint density at radius 3 is 2.33 bits per heavy atom. The Labute approximate surface area is 112 Å². The van der Waals surface area contributed by atoms with Gasteiger partial charge in [0, 0.05) is 7.05 Å². The molecule has 0 atom stereocenters. The maximum Gasteiger partial charge on any atom is 0.276 e. The third-order valence-electron chi connectivity index (χ3n) is 3.00. The van der Waals surface area contributed by atoms with E-state index < -0.39 is 0 Å². The lowest BCUT2D eigenvalue weighted by Gasteiger charge is -2.05. The molecular weight excluding hydrogens is 244 g/mol. The van der Waals surface area contributed by atoms with Gasteiger partial charge in [-0.2, -0.15) is 0 Å². The number of hydrogen-bond donors (Lipinski definition) is 1. The second kappa shape index (κ2) is 4.90. The number of amides is 1. The van der Waals surface area contributed by atoms with Crippen molar-refractivity contribution in [2.45, 2.75) is 19.8 Å². The van der Waals surface area contributed by atoms with Gasteiger partial charge in [-0.3, -0.25) is 9.69 Å².